The van der Waals surface area contributed by atoms with Crippen LogP contribution in [0.4, 0.5) is 5.69 Å². The molecule has 2 aromatic rings. The molecule has 8 heteroatoms. The van der Waals surface area contributed by atoms with Gasteiger partial charge in [0.2, 0.25) is 0 Å². The van der Waals surface area contributed by atoms with Crippen LogP contribution in [-0.4, -0.2) is 20.2 Å². The molecule has 0 aromatic heterocycles. The molecule has 1 aliphatic carbocycles. The Labute approximate surface area is 163 Å². The maximum Gasteiger partial charge on any atom is 0.261 e. The number of anilines is 1. The molecule has 0 radical (unpaired) electrons. The predicted octanol–water partition coefficient (Wildman–Crippen LogP) is 2.21. The average Bonchev–Trinajstić information content (AvgIpc) is 3.25. The van der Waals surface area contributed by atoms with E-state index in [-0.39, 0.29) is 11.3 Å². The number of sulfonamides is 1. The zero-order valence-corrected chi connectivity index (χ0v) is 16.0. The highest BCUT2D eigenvalue weighted by atomic mass is 32.2. The lowest BCUT2D eigenvalue weighted by atomic mass is 10.1. The number of carbonyl (C=O) groups is 1. The first-order chi connectivity index (χ1) is 13.4. The average molecular weight is 402 g/mol. The van der Waals surface area contributed by atoms with Gasteiger partial charge in [0.1, 0.15) is 0 Å². The summed E-state index contributed by atoms with van der Waals surface area (Å²) < 4.78 is 39.7. The Morgan fingerprint density at radius 2 is 1.71 bits per heavy atom. The minimum Gasteiger partial charge on any atom is -0.550 e. The number of hydrogen-bond donors (Lipinski definition) is 1. The van der Waals surface area contributed by atoms with Crippen LogP contribution in [-0.2, 0) is 21.2 Å². The number of ether oxygens (including phenoxy) is 2. The fourth-order valence-corrected chi connectivity index (χ4v) is 4.62. The number of aryl methyl sites for hydroxylation is 1. The zero-order chi connectivity index (χ0) is 19.8. The van der Waals surface area contributed by atoms with E-state index in [0.717, 1.165) is 31.2 Å². The topological polar surface area (TPSA) is 105 Å². The Balaban J connectivity index is 1.47. The molecular weight excluding hydrogens is 382 g/mol. The van der Waals surface area contributed by atoms with Gasteiger partial charge in [0, 0.05) is 24.9 Å². The highest BCUT2D eigenvalue weighted by Crippen LogP contribution is 2.47. The Hall–Kier alpha value is -2.74. The molecule has 148 valence electrons. The van der Waals surface area contributed by atoms with Crippen LogP contribution in [0, 0.1) is 0 Å². The molecule has 0 amide bonds. The van der Waals surface area contributed by atoms with Crippen LogP contribution in [0.15, 0.2) is 47.4 Å². The Bertz CT molecular complexity index is 994. The summed E-state index contributed by atoms with van der Waals surface area (Å²) in [5.41, 5.74) is 1.12. The number of aliphatic carboxylic acids is 1. The SMILES string of the molecule is O=C([O-])CCc1ccc(S(=O)(=O)Nc2ccc3c(c2)OC2(CCCC2)O3)cc1. The van der Waals surface area contributed by atoms with Crippen molar-refractivity contribution in [2.75, 3.05) is 4.72 Å². The van der Waals surface area contributed by atoms with Gasteiger partial charge in [0.25, 0.3) is 15.8 Å². The van der Waals surface area contributed by atoms with Crippen LogP contribution in [0.3, 0.4) is 0 Å². The predicted molar refractivity (Wildman–Crippen MR) is 99.5 cm³/mol. The van der Waals surface area contributed by atoms with Gasteiger partial charge in [-0.05, 0) is 55.5 Å². The Kier molecular flexibility index (Phi) is 4.66. The molecule has 0 saturated heterocycles. The molecule has 4 rings (SSSR count). The van der Waals surface area contributed by atoms with Crippen molar-refractivity contribution in [3.8, 4) is 11.5 Å². The van der Waals surface area contributed by atoms with E-state index in [4.69, 9.17) is 9.47 Å². The van der Waals surface area contributed by atoms with Crippen LogP contribution >= 0.6 is 0 Å². The zero-order valence-electron chi connectivity index (χ0n) is 15.1. The largest absolute Gasteiger partial charge is 0.550 e. The van der Waals surface area contributed by atoms with Crippen molar-refractivity contribution in [3.05, 3.63) is 48.0 Å². The first kappa shape index (κ1) is 18.6. The van der Waals surface area contributed by atoms with Gasteiger partial charge in [-0.1, -0.05) is 12.1 Å². The fraction of sp³-hybridized carbons (Fsp3) is 0.350. The maximum absolute atomic E-state index is 12.6. The quantitative estimate of drug-likeness (QED) is 0.794. The van der Waals surface area contributed by atoms with Gasteiger partial charge in [0.15, 0.2) is 11.5 Å². The number of hydrogen-bond acceptors (Lipinski definition) is 6. The molecule has 1 spiro atoms. The lowest BCUT2D eigenvalue weighted by molar-refractivity contribution is -0.305. The minimum atomic E-state index is -3.78. The molecule has 28 heavy (non-hydrogen) atoms. The van der Waals surface area contributed by atoms with E-state index in [9.17, 15) is 18.3 Å². The van der Waals surface area contributed by atoms with Gasteiger partial charge in [-0.3, -0.25) is 4.72 Å². The number of nitrogens with one attached hydrogen (secondary N) is 1. The van der Waals surface area contributed by atoms with Crippen molar-refractivity contribution < 1.29 is 27.8 Å². The number of benzene rings is 2. The van der Waals surface area contributed by atoms with E-state index in [1.807, 2.05) is 0 Å². The van der Waals surface area contributed by atoms with Crippen LogP contribution in [0.5, 0.6) is 11.5 Å². The Morgan fingerprint density at radius 3 is 2.39 bits per heavy atom. The van der Waals surface area contributed by atoms with Crippen LogP contribution < -0.4 is 19.3 Å². The summed E-state index contributed by atoms with van der Waals surface area (Å²) in [5.74, 6) is -0.566. The normalized spacial score (nSPS) is 17.0. The molecule has 2 aromatic carbocycles. The summed E-state index contributed by atoms with van der Waals surface area (Å²) in [7, 11) is -3.78. The van der Waals surface area contributed by atoms with Gasteiger partial charge in [-0.2, -0.15) is 0 Å². The van der Waals surface area contributed by atoms with Crippen LogP contribution in [0.25, 0.3) is 0 Å². The molecule has 1 fully saturated rings. The molecule has 7 nitrogen and oxygen atoms in total. The summed E-state index contributed by atoms with van der Waals surface area (Å²) in [6.07, 6.45) is 3.93. The second-order valence-electron chi connectivity index (χ2n) is 7.10. The molecular formula is C20H20NO6S-. The Morgan fingerprint density at radius 1 is 1.04 bits per heavy atom. The van der Waals surface area contributed by atoms with E-state index in [1.165, 1.54) is 12.1 Å². The molecule has 1 heterocycles. The number of rotatable bonds is 6. The van der Waals surface area contributed by atoms with Gasteiger partial charge in [0.05, 0.1) is 10.6 Å². The number of carbonyl (C=O) groups excluding carboxylic acids is 1. The molecule has 1 saturated carbocycles. The third-order valence-corrected chi connectivity index (χ3v) is 6.40. The van der Waals surface area contributed by atoms with E-state index in [1.54, 1.807) is 30.3 Å². The number of fused-ring (bicyclic) bond motifs is 1. The smallest absolute Gasteiger partial charge is 0.261 e. The highest BCUT2D eigenvalue weighted by molar-refractivity contribution is 7.92. The first-order valence-corrected chi connectivity index (χ1v) is 10.7. The number of carboxylic acids is 1. The molecule has 0 bridgehead atoms. The molecule has 0 unspecified atom stereocenters. The van der Waals surface area contributed by atoms with Crippen molar-refractivity contribution in [2.24, 2.45) is 0 Å². The lowest BCUT2D eigenvalue weighted by Crippen LogP contribution is -2.34. The maximum atomic E-state index is 12.6. The van der Waals surface area contributed by atoms with Crippen LogP contribution in [0.1, 0.15) is 37.7 Å². The van der Waals surface area contributed by atoms with Crippen molar-refractivity contribution in [1.82, 2.24) is 0 Å². The van der Waals surface area contributed by atoms with Crippen molar-refractivity contribution in [2.45, 2.75) is 49.2 Å². The van der Waals surface area contributed by atoms with Crippen molar-refractivity contribution in [3.63, 3.8) is 0 Å². The van der Waals surface area contributed by atoms with Crippen molar-refractivity contribution in [1.29, 1.82) is 0 Å². The first-order valence-electron chi connectivity index (χ1n) is 9.19. The van der Waals surface area contributed by atoms with E-state index in [0.29, 0.717) is 23.6 Å². The third kappa shape index (κ3) is 3.77. The molecule has 1 aliphatic heterocycles. The van der Waals surface area contributed by atoms with Crippen molar-refractivity contribution >= 4 is 21.7 Å². The summed E-state index contributed by atoms with van der Waals surface area (Å²) in [6.45, 7) is 0. The highest BCUT2D eigenvalue weighted by Gasteiger charge is 2.44. The summed E-state index contributed by atoms with van der Waals surface area (Å²) in [5, 5.41) is 10.5. The number of carboxylic acid groups (broad SMARTS) is 1. The van der Waals surface area contributed by atoms with Gasteiger partial charge in [-0.15, -0.1) is 0 Å². The summed E-state index contributed by atoms with van der Waals surface area (Å²) in [6, 6.07) is 11.1. The van der Waals surface area contributed by atoms with Gasteiger partial charge < -0.3 is 19.4 Å². The van der Waals surface area contributed by atoms with E-state index in [2.05, 4.69) is 4.72 Å². The fourth-order valence-electron chi connectivity index (χ4n) is 3.57. The minimum absolute atomic E-state index is 0.0923. The second kappa shape index (κ2) is 7.01. The standard InChI is InChI=1S/C20H21NO6S/c22-19(23)10-5-14-3-7-16(8-4-14)28(24,25)21-15-6-9-17-18(13-15)27-20(26-17)11-1-2-12-20/h3-4,6-9,13,21H,1-2,5,10-12H2,(H,22,23)/p-1. The van der Waals surface area contributed by atoms with Crippen LogP contribution in [0.2, 0.25) is 0 Å². The molecule has 0 atom stereocenters. The van der Waals surface area contributed by atoms with E-state index >= 15 is 0 Å². The van der Waals surface area contributed by atoms with Gasteiger partial charge in [-0.25, -0.2) is 8.42 Å². The summed E-state index contributed by atoms with van der Waals surface area (Å²) in [4.78, 5) is 10.6. The van der Waals surface area contributed by atoms with Gasteiger partial charge >= 0.3 is 0 Å². The lowest BCUT2D eigenvalue weighted by Gasteiger charge is -2.21. The van der Waals surface area contributed by atoms with E-state index < -0.39 is 21.8 Å². The third-order valence-electron chi connectivity index (χ3n) is 5.00. The monoisotopic (exact) mass is 402 g/mol. The second-order valence-corrected chi connectivity index (χ2v) is 8.79. The molecule has 2 aliphatic rings. The summed E-state index contributed by atoms with van der Waals surface area (Å²) >= 11 is 0. The molecule has 1 N–H and O–H groups in total.